The SMILES string of the molecule is CC1(SCc2cccc3ccccc23)C(O)CCC1O. The Morgan fingerprint density at radius 2 is 1.70 bits per heavy atom. The van der Waals surface area contributed by atoms with Crippen LogP contribution in [0.5, 0.6) is 0 Å². The number of aliphatic hydroxyl groups excluding tert-OH is 2. The largest absolute Gasteiger partial charge is 0.392 e. The van der Waals surface area contributed by atoms with Crippen molar-refractivity contribution < 1.29 is 10.2 Å². The molecule has 2 aromatic carbocycles. The molecule has 0 heterocycles. The third kappa shape index (κ3) is 2.34. The van der Waals surface area contributed by atoms with Gasteiger partial charge in [0.25, 0.3) is 0 Å². The highest BCUT2D eigenvalue weighted by Gasteiger charge is 2.45. The fraction of sp³-hybridized carbons (Fsp3) is 0.412. The lowest BCUT2D eigenvalue weighted by Crippen LogP contribution is -2.39. The lowest BCUT2D eigenvalue weighted by Gasteiger charge is -2.31. The molecule has 0 aromatic heterocycles. The molecule has 3 heteroatoms. The number of rotatable bonds is 3. The molecular formula is C17H20O2S. The third-order valence-electron chi connectivity index (χ3n) is 4.46. The van der Waals surface area contributed by atoms with Gasteiger partial charge in [-0.15, -0.1) is 11.8 Å². The highest BCUT2D eigenvalue weighted by molar-refractivity contribution is 8.00. The minimum atomic E-state index is -0.447. The van der Waals surface area contributed by atoms with E-state index in [1.807, 2.05) is 13.0 Å². The van der Waals surface area contributed by atoms with Crippen LogP contribution < -0.4 is 0 Å². The fourth-order valence-electron chi connectivity index (χ4n) is 2.96. The van der Waals surface area contributed by atoms with E-state index in [1.54, 1.807) is 11.8 Å². The molecule has 1 aliphatic rings. The second kappa shape index (κ2) is 5.40. The van der Waals surface area contributed by atoms with Crippen molar-refractivity contribution in [3.05, 3.63) is 48.0 Å². The lowest BCUT2D eigenvalue weighted by molar-refractivity contribution is 0.0984. The average molecular weight is 288 g/mol. The van der Waals surface area contributed by atoms with Crippen LogP contribution in [0.1, 0.15) is 25.3 Å². The van der Waals surface area contributed by atoms with Gasteiger partial charge in [-0.25, -0.2) is 0 Å². The molecule has 0 aliphatic heterocycles. The molecule has 2 aromatic rings. The van der Waals surface area contributed by atoms with E-state index in [0.717, 1.165) is 5.75 Å². The standard InChI is InChI=1S/C17H20O2S/c1-17(15(18)9-10-16(17)19)20-11-13-7-4-6-12-5-2-3-8-14(12)13/h2-8,15-16,18-19H,9-11H2,1H3. The molecule has 0 bridgehead atoms. The predicted octanol–water partition coefficient (Wildman–Crippen LogP) is 3.35. The summed E-state index contributed by atoms with van der Waals surface area (Å²) in [5, 5.41) is 22.8. The molecule has 20 heavy (non-hydrogen) atoms. The van der Waals surface area contributed by atoms with E-state index < -0.39 is 17.0 Å². The first-order valence-corrected chi connectivity index (χ1v) is 8.06. The number of hydrogen-bond acceptors (Lipinski definition) is 3. The van der Waals surface area contributed by atoms with E-state index in [1.165, 1.54) is 16.3 Å². The van der Waals surface area contributed by atoms with E-state index in [-0.39, 0.29) is 0 Å². The molecule has 2 atom stereocenters. The zero-order valence-electron chi connectivity index (χ0n) is 11.6. The van der Waals surface area contributed by atoms with E-state index in [2.05, 4.69) is 36.4 Å². The summed E-state index contributed by atoms with van der Waals surface area (Å²) >= 11 is 1.67. The third-order valence-corrected chi connectivity index (χ3v) is 6.08. The second-order valence-electron chi connectivity index (χ2n) is 5.72. The van der Waals surface area contributed by atoms with E-state index in [4.69, 9.17) is 0 Å². The molecule has 3 rings (SSSR count). The Hall–Kier alpha value is -1.03. The molecule has 2 nitrogen and oxygen atoms in total. The summed E-state index contributed by atoms with van der Waals surface area (Å²) in [6.07, 6.45) is 0.551. The van der Waals surface area contributed by atoms with Gasteiger partial charge in [0, 0.05) is 5.75 Å². The number of thioether (sulfide) groups is 1. The van der Waals surface area contributed by atoms with Gasteiger partial charge < -0.3 is 10.2 Å². The molecule has 1 fully saturated rings. The fourth-order valence-corrected chi connectivity index (χ4v) is 4.29. The Bertz CT molecular complexity index is 595. The number of hydrogen-bond donors (Lipinski definition) is 2. The molecule has 1 saturated carbocycles. The molecule has 0 radical (unpaired) electrons. The number of aliphatic hydroxyl groups is 2. The van der Waals surface area contributed by atoms with Crippen LogP contribution in [0.3, 0.4) is 0 Å². The topological polar surface area (TPSA) is 40.5 Å². The van der Waals surface area contributed by atoms with E-state index in [0.29, 0.717) is 12.8 Å². The summed E-state index contributed by atoms with van der Waals surface area (Å²) in [6, 6.07) is 14.7. The Labute approximate surface area is 123 Å². The van der Waals surface area contributed by atoms with Gasteiger partial charge in [-0.1, -0.05) is 42.5 Å². The van der Waals surface area contributed by atoms with E-state index >= 15 is 0 Å². The molecular weight excluding hydrogens is 268 g/mol. The van der Waals surface area contributed by atoms with Crippen molar-refractivity contribution in [3.8, 4) is 0 Å². The lowest BCUT2D eigenvalue weighted by atomic mass is 10.1. The first-order valence-electron chi connectivity index (χ1n) is 7.08. The van der Waals surface area contributed by atoms with Crippen LogP contribution in [0.2, 0.25) is 0 Å². The van der Waals surface area contributed by atoms with Crippen LogP contribution >= 0.6 is 11.8 Å². The molecule has 0 saturated heterocycles. The van der Waals surface area contributed by atoms with Crippen LogP contribution in [-0.4, -0.2) is 27.2 Å². The molecule has 0 amide bonds. The van der Waals surface area contributed by atoms with Crippen LogP contribution in [0.15, 0.2) is 42.5 Å². The highest BCUT2D eigenvalue weighted by atomic mass is 32.2. The van der Waals surface area contributed by atoms with Gasteiger partial charge in [-0.2, -0.15) is 0 Å². The predicted molar refractivity (Wildman–Crippen MR) is 84.9 cm³/mol. The van der Waals surface area contributed by atoms with Crippen LogP contribution in [0, 0.1) is 0 Å². The van der Waals surface area contributed by atoms with Crippen molar-refractivity contribution in [3.63, 3.8) is 0 Å². The average Bonchev–Trinajstić information content (AvgIpc) is 2.73. The van der Waals surface area contributed by atoms with Gasteiger partial charge >= 0.3 is 0 Å². The Morgan fingerprint density at radius 3 is 2.45 bits per heavy atom. The molecule has 1 aliphatic carbocycles. The first kappa shape index (κ1) is 13.9. The Morgan fingerprint density at radius 1 is 1.05 bits per heavy atom. The summed E-state index contributed by atoms with van der Waals surface area (Å²) in [5.41, 5.74) is 1.26. The smallest absolute Gasteiger partial charge is 0.0710 e. The normalized spacial score (nSPS) is 29.9. The quantitative estimate of drug-likeness (QED) is 0.910. The van der Waals surface area contributed by atoms with Crippen molar-refractivity contribution in [2.24, 2.45) is 0 Å². The molecule has 2 N–H and O–H groups in total. The van der Waals surface area contributed by atoms with Crippen molar-refractivity contribution in [1.29, 1.82) is 0 Å². The summed E-state index contributed by atoms with van der Waals surface area (Å²) in [6.45, 7) is 1.98. The van der Waals surface area contributed by atoms with Crippen LogP contribution in [0.4, 0.5) is 0 Å². The number of benzene rings is 2. The highest BCUT2D eigenvalue weighted by Crippen LogP contribution is 2.43. The van der Waals surface area contributed by atoms with Gasteiger partial charge in [0.2, 0.25) is 0 Å². The van der Waals surface area contributed by atoms with Gasteiger partial charge in [0.1, 0.15) is 0 Å². The maximum Gasteiger partial charge on any atom is 0.0710 e. The maximum absolute atomic E-state index is 10.1. The van der Waals surface area contributed by atoms with Crippen LogP contribution in [0.25, 0.3) is 10.8 Å². The molecule has 0 spiro atoms. The van der Waals surface area contributed by atoms with Gasteiger partial charge in [0.15, 0.2) is 0 Å². The zero-order chi connectivity index (χ0) is 14.2. The van der Waals surface area contributed by atoms with Gasteiger partial charge in [-0.05, 0) is 36.1 Å². The monoisotopic (exact) mass is 288 g/mol. The minimum Gasteiger partial charge on any atom is -0.392 e. The van der Waals surface area contributed by atoms with Crippen molar-refractivity contribution in [1.82, 2.24) is 0 Å². The summed E-state index contributed by atoms with van der Waals surface area (Å²) in [5.74, 6) is 0.811. The van der Waals surface area contributed by atoms with Gasteiger partial charge in [-0.3, -0.25) is 0 Å². The Balaban J connectivity index is 1.84. The van der Waals surface area contributed by atoms with Crippen molar-refractivity contribution in [2.45, 2.75) is 42.5 Å². The summed E-state index contributed by atoms with van der Waals surface area (Å²) in [4.78, 5) is 0. The minimum absolute atomic E-state index is 0.419. The first-order chi connectivity index (χ1) is 9.61. The van der Waals surface area contributed by atoms with E-state index in [9.17, 15) is 10.2 Å². The van der Waals surface area contributed by atoms with Crippen LogP contribution in [-0.2, 0) is 5.75 Å². The second-order valence-corrected chi connectivity index (χ2v) is 7.18. The summed E-state index contributed by atoms with van der Waals surface area (Å²) < 4.78 is -0.447. The molecule has 2 unspecified atom stereocenters. The van der Waals surface area contributed by atoms with Crippen molar-refractivity contribution >= 4 is 22.5 Å². The molecule has 106 valence electrons. The van der Waals surface area contributed by atoms with Gasteiger partial charge in [0.05, 0.1) is 17.0 Å². The van der Waals surface area contributed by atoms with Crippen molar-refractivity contribution in [2.75, 3.05) is 0 Å². The number of fused-ring (bicyclic) bond motifs is 1. The zero-order valence-corrected chi connectivity index (χ0v) is 12.4. The summed E-state index contributed by atoms with van der Waals surface area (Å²) in [7, 11) is 0. The Kier molecular flexibility index (Phi) is 3.76. The maximum atomic E-state index is 10.1.